The maximum atomic E-state index is 13.1. The Morgan fingerprint density at radius 2 is 2.32 bits per heavy atom. The molecule has 0 aliphatic carbocycles. The minimum atomic E-state index is -0.208. The van der Waals surface area contributed by atoms with E-state index in [-0.39, 0.29) is 18.0 Å². The van der Waals surface area contributed by atoms with Gasteiger partial charge >= 0.3 is 0 Å². The van der Waals surface area contributed by atoms with Crippen LogP contribution in [0.15, 0.2) is 41.0 Å². The molecular formula is C15H16FNO2. The number of hydrogen-bond acceptors (Lipinski definition) is 3. The van der Waals surface area contributed by atoms with Crippen LogP contribution < -0.4 is 10.1 Å². The number of hydrogen-bond donors (Lipinski definition) is 1. The molecule has 2 heterocycles. The van der Waals surface area contributed by atoms with Gasteiger partial charge in [-0.25, -0.2) is 4.39 Å². The molecule has 2 atom stereocenters. The Morgan fingerprint density at radius 3 is 3.11 bits per heavy atom. The number of nitrogens with one attached hydrogen (secondary N) is 1. The summed E-state index contributed by atoms with van der Waals surface area (Å²) in [5.41, 5.74) is 0.942. The van der Waals surface area contributed by atoms with Gasteiger partial charge in [-0.15, -0.1) is 0 Å². The van der Waals surface area contributed by atoms with Crippen molar-refractivity contribution in [2.75, 3.05) is 6.54 Å². The van der Waals surface area contributed by atoms with Crippen molar-refractivity contribution in [3.63, 3.8) is 0 Å². The minimum Gasteiger partial charge on any atom is -0.488 e. The van der Waals surface area contributed by atoms with E-state index in [0.717, 1.165) is 23.5 Å². The fourth-order valence-electron chi connectivity index (χ4n) is 2.35. The van der Waals surface area contributed by atoms with Crippen molar-refractivity contribution in [1.29, 1.82) is 0 Å². The molecule has 1 aromatic carbocycles. The SMILES string of the molecule is C[C@@H](NCC1Cc2cc(F)ccc2O1)c1ccco1. The normalized spacial score (nSPS) is 18.9. The molecule has 1 unspecified atom stereocenters. The zero-order valence-corrected chi connectivity index (χ0v) is 10.7. The van der Waals surface area contributed by atoms with E-state index in [1.807, 2.05) is 19.1 Å². The highest BCUT2D eigenvalue weighted by atomic mass is 19.1. The van der Waals surface area contributed by atoms with E-state index >= 15 is 0 Å². The summed E-state index contributed by atoms with van der Waals surface area (Å²) in [5.74, 6) is 1.49. The van der Waals surface area contributed by atoms with Gasteiger partial charge in [0.05, 0.1) is 12.3 Å². The van der Waals surface area contributed by atoms with E-state index in [0.29, 0.717) is 6.54 Å². The molecule has 0 amide bonds. The maximum Gasteiger partial charge on any atom is 0.123 e. The molecular weight excluding hydrogens is 245 g/mol. The zero-order valence-electron chi connectivity index (χ0n) is 10.7. The molecule has 1 N–H and O–H groups in total. The minimum absolute atomic E-state index is 0.0502. The Morgan fingerprint density at radius 1 is 1.42 bits per heavy atom. The molecule has 0 saturated carbocycles. The first kappa shape index (κ1) is 12.2. The molecule has 0 radical (unpaired) electrons. The number of halogens is 1. The Kier molecular flexibility index (Phi) is 3.25. The molecule has 2 aromatic rings. The molecule has 3 nitrogen and oxygen atoms in total. The molecule has 1 aromatic heterocycles. The van der Waals surface area contributed by atoms with E-state index in [1.165, 1.54) is 6.07 Å². The lowest BCUT2D eigenvalue weighted by atomic mass is 10.1. The van der Waals surface area contributed by atoms with Crippen molar-refractivity contribution in [3.8, 4) is 5.75 Å². The average molecular weight is 261 g/mol. The molecule has 3 rings (SSSR count). The summed E-state index contributed by atoms with van der Waals surface area (Å²) >= 11 is 0. The summed E-state index contributed by atoms with van der Waals surface area (Å²) in [4.78, 5) is 0. The van der Waals surface area contributed by atoms with Crippen molar-refractivity contribution < 1.29 is 13.5 Å². The second-order valence-corrected chi connectivity index (χ2v) is 4.84. The Hall–Kier alpha value is -1.81. The fourth-order valence-corrected chi connectivity index (χ4v) is 2.35. The van der Waals surface area contributed by atoms with E-state index in [9.17, 15) is 4.39 Å². The lowest BCUT2D eigenvalue weighted by Crippen LogP contribution is -2.31. The van der Waals surface area contributed by atoms with Gasteiger partial charge in [-0.2, -0.15) is 0 Å². The standard InChI is InChI=1S/C15H16FNO2/c1-10(14-3-2-6-18-14)17-9-13-8-11-7-12(16)4-5-15(11)19-13/h2-7,10,13,17H,8-9H2,1H3/t10-,13?/m1/s1. The molecule has 1 aliphatic rings. The molecule has 100 valence electrons. The lowest BCUT2D eigenvalue weighted by Gasteiger charge is -2.15. The van der Waals surface area contributed by atoms with Crippen molar-refractivity contribution in [3.05, 3.63) is 53.7 Å². The third kappa shape index (κ3) is 2.63. The van der Waals surface area contributed by atoms with Gasteiger partial charge in [0.15, 0.2) is 0 Å². The second-order valence-electron chi connectivity index (χ2n) is 4.84. The number of fused-ring (bicyclic) bond motifs is 1. The summed E-state index contributed by atoms with van der Waals surface area (Å²) in [6, 6.07) is 8.63. The van der Waals surface area contributed by atoms with Crippen LogP contribution in [0.2, 0.25) is 0 Å². The largest absolute Gasteiger partial charge is 0.488 e. The van der Waals surface area contributed by atoms with Gasteiger partial charge in [-0.05, 0) is 37.3 Å². The highest BCUT2D eigenvalue weighted by molar-refractivity contribution is 5.37. The van der Waals surface area contributed by atoms with E-state index in [4.69, 9.17) is 9.15 Å². The summed E-state index contributed by atoms with van der Waals surface area (Å²) < 4.78 is 24.2. The Balaban J connectivity index is 1.56. The van der Waals surface area contributed by atoms with Gasteiger partial charge in [-0.1, -0.05) is 0 Å². The van der Waals surface area contributed by atoms with Crippen molar-refractivity contribution in [2.45, 2.75) is 25.5 Å². The predicted octanol–water partition coefficient (Wildman–Crippen LogP) is 3.07. The van der Waals surface area contributed by atoms with Crippen LogP contribution in [-0.2, 0) is 6.42 Å². The number of rotatable bonds is 4. The zero-order chi connectivity index (χ0) is 13.2. The predicted molar refractivity (Wildman–Crippen MR) is 69.6 cm³/mol. The topological polar surface area (TPSA) is 34.4 Å². The highest BCUT2D eigenvalue weighted by Crippen LogP contribution is 2.29. The monoisotopic (exact) mass is 261 g/mol. The van der Waals surface area contributed by atoms with Gasteiger partial charge in [0.1, 0.15) is 23.4 Å². The number of benzene rings is 1. The van der Waals surface area contributed by atoms with Crippen LogP contribution in [0.4, 0.5) is 4.39 Å². The summed E-state index contributed by atoms with van der Waals surface area (Å²) in [5, 5.41) is 3.36. The van der Waals surface area contributed by atoms with E-state index < -0.39 is 0 Å². The molecule has 19 heavy (non-hydrogen) atoms. The number of ether oxygens (including phenoxy) is 1. The van der Waals surface area contributed by atoms with Gasteiger partial charge in [0.25, 0.3) is 0 Å². The Bertz CT molecular complexity index is 553. The van der Waals surface area contributed by atoms with Crippen LogP contribution in [0.25, 0.3) is 0 Å². The molecule has 0 fully saturated rings. The summed E-state index contributed by atoms with van der Waals surface area (Å²) in [7, 11) is 0. The first-order valence-electron chi connectivity index (χ1n) is 6.44. The first-order valence-corrected chi connectivity index (χ1v) is 6.44. The quantitative estimate of drug-likeness (QED) is 0.918. The molecule has 0 bridgehead atoms. The van der Waals surface area contributed by atoms with Crippen LogP contribution in [0.1, 0.15) is 24.3 Å². The maximum absolute atomic E-state index is 13.1. The smallest absolute Gasteiger partial charge is 0.123 e. The van der Waals surface area contributed by atoms with Crippen molar-refractivity contribution >= 4 is 0 Å². The van der Waals surface area contributed by atoms with Gasteiger partial charge < -0.3 is 14.5 Å². The number of furan rings is 1. The molecule has 0 saturated heterocycles. The third-order valence-corrected chi connectivity index (χ3v) is 3.39. The van der Waals surface area contributed by atoms with Crippen LogP contribution in [0, 0.1) is 5.82 Å². The molecule has 1 aliphatic heterocycles. The third-order valence-electron chi connectivity index (χ3n) is 3.39. The highest BCUT2D eigenvalue weighted by Gasteiger charge is 2.23. The molecule has 0 spiro atoms. The second kappa shape index (κ2) is 5.05. The summed E-state index contributed by atoms with van der Waals surface area (Å²) in [6.07, 6.45) is 2.46. The fraction of sp³-hybridized carbons (Fsp3) is 0.333. The first-order chi connectivity index (χ1) is 9.22. The Labute approximate surface area is 111 Å². The average Bonchev–Trinajstić information content (AvgIpc) is 3.04. The lowest BCUT2D eigenvalue weighted by molar-refractivity contribution is 0.220. The van der Waals surface area contributed by atoms with E-state index in [1.54, 1.807) is 18.4 Å². The summed E-state index contributed by atoms with van der Waals surface area (Å²) in [6.45, 7) is 2.75. The van der Waals surface area contributed by atoms with E-state index in [2.05, 4.69) is 5.32 Å². The van der Waals surface area contributed by atoms with Gasteiger partial charge in [0.2, 0.25) is 0 Å². The van der Waals surface area contributed by atoms with Crippen LogP contribution in [-0.4, -0.2) is 12.6 Å². The van der Waals surface area contributed by atoms with Crippen molar-refractivity contribution in [2.24, 2.45) is 0 Å². The van der Waals surface area contributed by atoms with Gasteiger partial charge in [-0.3, -0.25) is 0 Å². The molecule has 4 heteroatoms. The van der Waals surface area contributed by atoms with Crippen LogP contribution in [0.5, 0.6) is 5.75 Å². The van der Waals surface area contributed by atoms with Crippen LogP contribution >= 0.6 is 0 Å². The van der Waals surface area contributed by atoms with Crippen molar-refractivity contribution in [1.82, 2.24) is 5.32 Å². The van der Waals surface area contributed by atoms with Gasteiger partial charge in [0, 0.05) is 18.5 Å². The van der Waals surface area contributed by atoms with Crippen LogP contribution in [0.3, 0.4) is 0 Å².